The van der Waals surface area contributed by atoms with Crippen LogP contribution in [0.1, 0.15) is 112 Å². The monoisotopic (exact) mass is 414 g/mol. The third-order valence-corrected chi connectivity index (χ3v) is 11.4. The average Bonchev–Trinajstić information content (AvgIpc) is 3.10. The van der Waals surface area contributed by atoms with Crippen LogP contribution in [-0.2, 0) is 0 Å². The van der Waals surface area contributed by atoms with E-state index in [0.717, 1.165) is 29.6 Å². The molecule has 0 aliphatic heterocycles. The Balaban J connectivity index is 1.45. The first kappa shape index (κ1) is 22.9. The summed E-state index contributed by atoms with van der Waals surface area (Å²) in [5.74, 6) is 5.84. The molecular weight excluding hydrogens is 364 g/mol. The lowest BCUT2D eigenvalue weighted by atomic mass is 9.47. The Morgan fingerprint density at radius 1 is 1.03 bits per heavy atom. The lowest BCUT2D eigenvalue weighted by Gasteiger charge is -2.58. The lowest BCUT2D eigenvalue weighted by Crippen LogP contribution is -2.50. The number of hydrogen-bond donors (Lipinski definition) is 1. The summed E-state index contributed by atoms with van der Waals surface area (Å²) in [6, 6.07) is 0. The molecule has 4 rings (SSSR count). The SMILES string of the molecule is CCC(CCC(C)[C@H]1CC[C@H]2[C@@H]3CC=C4CCCC[C@]4(C)[C@H]3CC[C@]12C)C(C)CO. The van der Waals surface area contributed by atoms with E-state index in [1.807, 2.05) is 5.57 Å². The predicted octanol–water partition coefficient (Wildman–Crippen LogP) is 8.03. The highest BCUT2D eigenvalue weighted by molar-refractivity contribution is 5.24. The van der Waals surface area contributed by atoms with Crippen LogP contribution in [0.3, 0.4) is 0 Å². The van der Waals surface area contributed by atoms with Gasteiger partial charge in [0.1, 0.15) is 0 Å². The van der Waals surface area contributed by atoms with Gasteiger partial charge in [-0.3, -0.25) is 0 Å². The molecule has 0 spiro atoms. The number of rotatable bonds is 7. The summed E-state index contributed by atoms with van der Waals surface area (Å²) in [5, 5.41) is 9.62. The van der Waals surface area contributed by atoms with E-state index in [1.54, 1.807) is 0 Å². The maximum absolute atomic E-state index is 9.62. The molecule has 0 aromatic rings. The van der Waals surface area contributed by atoms with Gasteiger partial charge in [-0.25, -0.2) is 0 Å². The van der Waals surface area contributed by atoms with Crippen molar-refractivity contribution in [2.24, 2.45) is 52.3 Å². The van der Waals surface area contributed by atoms with Crippen molar-refractivity contribution >= 4 is 0 Å². The first-order valence-corrected chi connectivity index (χ1v) is 13.7. The average molecular weight is 415 g/mol. The van der Waals surface area contributed by atoms with Gasteiger partial charge in [-0.05, 0) is 110 Å². The molecule has 3 saturated carbocycles. The van der Waals surface area contributed by atoms with Crippen LogP contribution in [0.5, 0.6) is 0 Å². The fourth-order valence-corrected chi connectivity index (χ4v) is 9.39. The Kier molecular flexibility index (Phi) is 6.80. The molecule has 1 nitrogen and oxygen atoms in total. The minimum Gasteiger partial charge on any atom is -0.396 e. The standard InChI is InChI=1S/C29H50O/c1-6-22(21(3)19-30)11-10-20(2)25-14-15-26-24-13-12-23-9-7-8-17-28(23,4)27(24)16-18-29(25,26)5/h12,20-22,24-27,30H,6-11,13-19H2,1-5H3/t20?,21?,22?,24-,25+,26-,27-,28-,29+/m0/s1. The molecular formula is C29H50O. The topological polar surface area (TPSA) is 20.2 Å². The summed E-state index contributed by atoms with van der Waals surface area (Å²) in [5.41, 5.74) is 2.98. The molecule has 1 heteroatoms. The largest absolute Gasteiger partial charge is 0.396 e. The van der Waals surface area contributed by atoms with Crippen molar-refractivity contribution in [1.29, 1.82) is 0 Å². The van der Waals surface area contributed by atoms with Crippen molar-refractivity contribution in [3.8, 4) is 0 Å². The summed E-state index contributed by atoms with van der Waals surface area (Å²) in [7, 11) is 0. The van der Waals surface area contributed by atoms with Gasteiger partial charge in [0.05, 0.1) is 0 Å². The van der Waals surface area contributed by atoms with Crippen molar-refractivity contribution in [2.75, 3.05) is 6.61 Å². The van der Waals surface area contributed by atoms with Crippen molar-refractivity contribution in [3.05, 3.63) is 11.6 Å². The second kappa shape index (κ2) is 8.92. The zero-order valence-electron chi connectivity index (χ0n) is 20.8. The summed E-state index contributed by atoms with van der Waals surface area (Å²) >= 11 is 0. The Morgan fingerprint density at radius 3 is 2.57 bits per heavy atom. The van der Waals surface area contributed by atoms with Crippen LogP contribution >= 0.6 is 0 Å². The van der Waals surface area contributed by atoms with Crippen LogP contribution in [0.2, 0.25) is 0 Å². The third-order valence-electron chi connectivity index (χ3n) is 11.4. The third kappa shape index (κ3) is 3.74. The van der Waals surface area contributed by atoms with E-state index < -0.39 is 0 Å². The molecule has 9 atom stereocenters. The smallest absolute Gasteiger partial charge is 0.0459 e. The van der Waals surface area contributed by atoms with Crippen LogP contribution in [0.15, 0.2) is 11.6 Å². The van der Waals surface area contributed by atoms with E-state index >= 15 is 0 Å². The highest BCUT2D eigenvalue weighted by Gasteiger charge is 2.58. The Bertz CT molecular complexity index is 622. The van der Waals surface area contributed by atoms with Gasteiger partial charge < -0.3 is 5.11 Å². The van der Waals surface area contributed by atoms with Crippen LogP contribution in [-0.4, -0.2) is 11.7 Å². The predicted molar refractivity (Wildman–Crippen MR) is 128 cm³/mol. The Morgan fingerprint density at radius 2 is 1.83 bits per heavy atom. The molecule has 3 fully saturated rings. The maximum atomic E-state index is 9.62. The minimum atomic E-state index is 0.355. The fraction of sp³-hybridized carbons (Fsp3) is 0.931. The maximum Gasteiger partial charge on any atom is 0.0459 e. The van der Waals surface area contributed by atoms with Crippen LogP contribution < -0.4 is 0 Å². The van der Waals surface area contributed by atoms with Crippen molar-refractivity contribution in [3.63, 3.8) is 0 Å². The molecule has 0 radical (unpaired) electrons. The van der Waals surface area contributed by atoms with E-state index in [4.69, 9.17) is 0 Å². The first-order valence-electron chi connectivity index (χ1n) is 13.7. The molecule has 0 aromatic carbocycles. The second-order valence-corrected chi connectivity index (χ2v) is 12.6. The zero-order valence-corrected chi connectivity index (χ0v) is 20.8. The van der Waals surface area contributed by atoms with Gasteiger partial charge in [0, 0.05) is 6.61 Å². The quantitative estimate of drug-likeness (QED) is 0.418. The molecule has 3 unspecified atom stereocenters. The van der Waals surface area contributed by atoms with Gasteiger partial charge in [0.15, 0.2) is 0 Å². The van der Waals surface area contributed by atoms with Crippen molar-refractivity contribution < 1.29 is 5.11 Å². The van der Waals surface area contributed by atoms with Crippen LogP contribution in [0.25, 0.3) is 0 Å². The second-order valence-electron chi connectivity index (χ2n) is 12.6. The molecule has 4 aliphatic carbocycles. The van der Waals surface area contributed by atoms with E-state index in [2.05, 4.69) is 40.7 Å². The zero-order chi connectivity index (χ0) is 21.5. The molecule has 0 aromatic heterocycles. The molecule has 0 bridgehead atoms. The highest BCUT2D eigenvalue weighted by Crippen LogP contribution is 2.67. The van der Waals surface area contributed by atoms with Gasteiger partial charge in [0.25, 0.3) is 0 Å². The number of aliphatic hydroxyl groups excluding tert-OH is 1. The van der Waals surface area contributed by atoms with Gasteiger partial charge in [-0.2, -0.15) is 0 Å². The van der Waals surface area contributed by atoms with E-state index in [-0.39, 0.29) is 0 Å². The van der Waals surface area contributed by atoms with E-state index in [0.29, 0.717) is 29.3 Å². The molecule has 0 heterocycles. The Labute approximate surface area is 187 Å². The van der Waals surface area contributed by atoms with Gasteiger partial charge in [0.2, 0.25) is 0 Å². The van der Waals surface area contributed by atoms with Crippen LogP contribution in [0.4, 0.5) is 0 Å². The molecule has 0 amide bonds. The van der Waals surface area contributed by atoms with Crippen molar-refractivity contribution in [1.82, 2.24) is 0 Å². The number of fused-ring (bicyclic) bond motifs is 5. The van der Waals surface area contributed by atoms with Gasteiger partial charge >= 0.3 is 0 Å². The number of aliphatic hydroxyl groups is 1. The molecule has 30 heavy (non-hydrogen) atoms. The van der Waals surface area contributed by atoms with Gasteiger partial charge in [-0.15, -0.1) is 0 Å². The summed E-state index contributed by atoms with van der Waals surface area (Å²) in [4.78, 5) is 0. The normalized spacial score (nSPS) is 43.7. The van der Waals surface area contributed by atoms with E-state index in [9.17, 15) is 5.11 Å². The van der Waals surface area contributed by atoms with E-state index in [1.165, 1.54) is 77.0 Å². The van der Waals surface area contributed by atoms with Gasteiger partial charge in [-0.1, -0.05) is 65.5 Å². The fourth-order valence-electron chi connectivity index (χ4n) is 9.39. The molecule has 0 saturated heterocycles. The molecule has 172 valence electrons. The lowest BCUT2D eigenvalue weighted by molar-refractivity contribution is -0.0504. The Hall–Kier alpha value is -0.300. The molecule has 4 aliphatic rings. The summed E-state index contributed by atoms with van der Waals surface area (Å²) in [6.45, 7) is 12.8. The molecule has 1 N–H and O–H groups in total. The highest BCUT2D eigenvalue weighted by atomic mass is 16.3. The minimum absolute atomic E-state index is 0.355. The van der Waals surface area contributed by atoms with Crippen LogP contribution in [0, 0.1) is 52.3 Å². The summed E-state index contributed by atoms with van der Waals surface area (Å²) in [6.07, 6.45) is 19.7. The number of hydrogen-bond acceptors (Lipinski definition) is 1. The summed E-state index contributed by atoms with van der Waals surface area (Å²) < 4.78 is 0. The number of allylic oxidation sites excluding steroid dienone is 2. The first-order chi connectivity index (χ1) is 14.3. The van der Waals surface area contributed by atoms with Crippen molar-refractivity contribution in [2.45, 2.75) is 112 Å².